The molecule has 1 atom stereocenters. The Morgan fingerprint density at radius 2 is 1.86 bits per heavy atom. The molecule has 0 fully saturated rings. The highest BCUT2D eigenvalue weighted by atomic mass is 35.5. The van der Waals surface area contributed by atoms with Crippen LogP contribution in [0.15, 0.2) is 24.4 Å². The van der Waals surface area contributed by atoms with E-state index in [0.717, 1.165) is 22.6 Å². The van der Waals surface area contributed by atoms with E-state index in [4.69, 9.17) is 27.9 Å². The van der Waals surface area contributed by atoms with Gasteiger partial charge in [0.25, 0.3) is 0 Å². The predicted octanol–water partition coefficient (Wildman–Crippen LogP) is 4.29. The Morgan fingerprint density at radius 3 is 2.43 bits per heavy atom. The van der Waals surface area contributed by atoms with Crippen LogP contribution >= 0.6 is 23.2 Å². The summed E-state index contributed by atoms with van der Waals surface area (Å²) in [5, 5.41) is 11.3. The van der Waals surface area contributed by atoms with Crippen LogP contribution in [0.1, 0.15) is 28.5 Å². The van der Waals surface area contributed by atoms with Crippen molar-refractivity contribution in [1.29, 1.82) is 0 Å². The largest absolute Gasteiger partial charge is 0.496 e. The summed E-state index contributed by atoms with van der Waals surface area (Å²) in [4.78, 5) is 4.39. The van der Waals surface area contributed by atoms with Crippen molar-refractivity contribution >= 4 is 23.2 Å². The molecule has 1 aromatic heterocycles. The second kappa shape index (κ2) is 6.65. The lowest BCUT2D eigenvalue weighted by atomic mass is 10.0. The van der Waals surface area contributed by atoms with Crippen LogP contribution in [-0.2, 0) is 6.42 Å². The van der Waals surface area contributed by atoms with Gasteiger partial charge in [0.15, 0.2) is 0 Å². The van der Waals surface area contributed by atoms with Crippen molar-refractivity contribution in [1.82, 2.24) is 4.98 Å². The zero-order valence-corrected chi connectivity index (χ0v) is 13.7. The van der Waals surface area contributed by atoms with Crippen molar-refractivity contribution in [3.05, 3.63) is 56.8 Å². The maximum Gasteiger partial charge on any atom is 0.128 e. The van der Waals surface area contributed by atoms with Gasteiger partial charge in [0.1, 0.15) is 5.75 Å². The number of aliphatic hydroxyl groups excluding tert-OH is 1. The third-order valence-electron chi connectivity index (χ3n) is 3.47. The smallest absolute Gasteiger partial charge is 0.128 e. The minimum atomic E-state index is -0.815. The monoisotopic (exact) mass is 325 g/mol. The average molecular weight is 326 g/mol. The molecule has 0 radical (unpaired) electrons. The molecule has 5 heteroatoms. The first-order valence-electron chi connectivity index (χ1n) is 6.56. The van der Waals surface area contributed by atoms with Crippen LogP contribution in [0.25, 0.3) is 0 Å². The molecule has 0 aliphatic rings. The van der Waals surface area contributed by atoms with Gasteiger partial charge in [-0.05, 0) is 26.0 Å². The lowest BCUT2D eigenvalue weighted by Crippen LogP contribution is -2.08. The predicted molar refractivity (Wildman–Crippen MR) is 85.4 cm³/mol. The second-order valence-electron chi connectivity index (χ2n) is 4.90. The number of hydrogen-bond acceptors (Lipinski definition) is 3. The molecule has 0 bridgehead atoms. The van der Waals surface area contributed by atoms with Gasteiger partial charge in [-0.15, -0.1) is 0 Å². The normalized spacial score (nSPS) is 12.3. The van der Waals surface area contributed by atoms with Crippen LogP contribution in [0.3, 0.4) is 0 Å². The van der Waals surface area contributed by atoms with Crippen LogP contribution in [0.5, 0.6) is 5.75 Å². The van der Waals surface area contributed by atoms with Gasteiger partial charge in [0, 0.05) is 45.0 Å². The molecule has 0 aliphatic carbocycles. The zero-order valence-electron chi connectivity index (χ0n) is 12.2. The topological polar surface area (TPSA) is 42.4 Å². The van der Waals surface area contributed by atoms with Crippen molar-refractivity contribution < 1.29 is 9.84 Å². The Labute approximate surface area is 134 Å². The standard InChI is InChI=1S/C16H17Cl2NO2/c1-9-8-19-13(10(2)16(9)21-3)7-14(20)15-11(17)5-4-6-12(15)18/h4-6,8,14,20H,7H2,1-3H3. The van der Waals surface area contributed by atoms with E-state index in [0.29, 0.717) is 22.0 Å². The Hall–Kier alpha value is -1.29. The molecule has 3 nitrogen and oxygen atoms in total. The first-order valence-corrected chi connectivity index (χ1v) is 7.32. The number of aryl methyl sites for hydroxylation is 1. The number of rotatable bonds is 4. The summed E-state index contributed by atoms with van der Waals surface area (Å²) >= 11 is 12.2. The third kappa shape index (κ3) is 3.31. The van der Waals surface area contributed by atoms with Crippen molar-refractivity contribution in [2.24, 2.45) is 0 Å². The van der Waals surface area contributed by atoms with Gasteiger partial charge in [0.05, 0.1) is 13.2 Å². The number of ether oxygens (including phenoxy) is 1. The average Bonchev–Trinajstić information content (AvgIpc) is 2.42. The number of hydrogen-bond donors (Lipinski definition) is 1. The summed E-state index contributed by atoms with van der Waals surface area (Å²) in [5.41, 5.74) is 3.17. The highest BCUT2D eigenvalue weighted by Crippen LogP contribution is 2.33. The number of benzene rings is 1. The molecule has 2 rings (SSSR count). The molecular weight excluding hydrogens is 309 g/mol. The van der Waals surface area contributed by atoms with Gasteiger partial charge in [0.2, 0.25) is 0 Å². The molecule has 21 heavy (non-hydrogen) atoms. The molecule has 1 aromatic carbocycles. The number of methoxy groups -OCH3 is 1. The highest BCUT2D eigenvalue weighted by molar-refractivity contribution is 6.36. The van der Waals surface area contributed by atoms with E-state index in [-0.39, 0.29) is 0 Å². The molecule has 0 amide bonds. The van der Waals surface area contributed by atoms with Crippen LogP contribution < -0.4 is 4.74 Å². The van der Waals surface area contributed by atoms with E-state index in [2.05, 4.69) is 4.98 Å². The maximum atomic E-state index is 10.4. The van der Waals surface area contributed by atoms with Crippen molar-refractivity contribution in [2.75, 3.05) is 7.11 Å². The Kier molecular flexibility index (Phi) is 5.09. The first-order chi connectivity index (χ1) is 9.95. The molecule has 112 valence electrons. The van der Waals surface area contributed by atoms with Gasteiger partial charge < -0.3 is 9.84 Å². The lowest BCUT2D eigenvalue weighted by molar-refractivity contribution is 0.177. The second-order valence-corrected chi connectivity index (χ2v) is 5.72. The van der Waals surface area contributed by atoms with Gasteiger partial charge in [-0.3, -0.25) is 4.98 Å². The molecule has 0 spiro atoms. The van der Waals surface area contributed by atoms with E-state index in [9.17, 15) is 5.11 Å². The molecule has 0 saturated carbocycles. The van der Waals surface area contributed by atoms with Gasteiger partial charge in [-0.2, -0.15) is 0 Å². The summed E-state index contributed by atoms with van der Waals surface area (Å²) in [6.07, 6.45) is 1.25. The Bertz CT molecular complexity index is 639. The van der Waals surface area contributed by atoms with Crippen LogP contribution in [0.4, 0.5) is 0 Å². The van der Waals surface area contributed by atoms with E-state index in [1.54, 1.807) is 31.5 Å². The molecule has 0 aliphatic heterocycles. The Morgan fingerprint density at radius 1 is 1.24 bits per heavy atom. The summed E-state index contributed by atoms with van der Waals surface area (Å²) < 4.78 is 5.38. The quantitative estimate of drug-likeness (QED) is 0.911. The number of halogens is 2. The third-order valence-corrected chi connectivity index (χ3v) is 4.13. The fraction of sp³-hybridized carbons (Fsp3) is 0.312. The zero-order chi connectivity index (χ0) is 15.6. The van der Waals surface area contributed by atoms with Crippen molar-refractivity contribution in [3.8, 4) is 5.75 Å². The number of pyridine rings is 1. The summed E-state index contributed by atoms with van der Waals surface area (Å²) in [6, 6.07) is 5.17. The molecular formula is C16H17Cl2NO2. The highest BCUT2D eigenvalue weighted by Gasteiger charge is 2.19. The van der Waals surface area contributed by atoms with E-state index in [1.165, 1.54) is 0 Å². The molecule has 2 aromatic rings. The number of aliphatic hydroxyl groups is 1. The summed E-state index contributed by atoms with van der Waals surface area (Å²) in [7, 11) is 1.63. The fourth-order valence-corrected chi connectivity index (χ4v) is 3.04. The van der Waals surface area contributed by atoms with Crippen LogP contribution in [0, 0.1) is 13.8 Å². The van der Waals surface area contributed by atoms with E-state index >= 15 is 0 Å². The van der Waals surface area contributed by atoms with Crippen molar-refractivity contribution in [3.63, 3.8) is 0 Å². The van der Waals surface area contributed by atoms with Crippen LogP contribution in [0.2, 0.25) is 10.0 Å². The number of nitrogens with zero attached hydrogens (tertiary/aromatic N) is 1. The summed E-state index contributed by atoms with van der Waals surface area (Å²) in [5.74, 6) is 0.789. The molecule has 1 heterocycles. The minimum Gasteiger partial charge on any atom is -0.496 e. The lowest BCUT2D eigenvalue weighted by Gasteiger charge is -2.17. The maximum absolute atomic E-state index is 10.4. The molecule has 1 N–H and O–H groups in total. The first kappa shape index (κ1) is 16.1. The fourth-order valence-electron chi connectivity index (χ4n) is 2.39. The van der Waals surface area contributed by atoms with E-state index in [1.807, 2.05) is 13.8 Å². The Balaban J connectivity index is 2.34. The van der Waals surface area contributed by atoms with Crippen molar-refractivity contribution in [2.45, 2.75) is 26.4 Å². The summed E-state index contributed by atoms with van der Waals surface area (Å²) in [6.45, 7) is 3.86. The van der Waals surface area contributed by atoms with Crippen LogP contribution in [-0.4, -0.2) is 17.2 Å². The minimum absolute atomic E-state index is 0.325. The van der Waals surface area contributed by atoms with Gasteiger partial charge in [-0.1, -0.05) is 29.3 Å². The van der Waals surface area contributed by atoms with Gasteiger partial charge in [-0.25, -0.2) is 0 Å². The molecule has 0 saturated heterocycles. The van der Waals surface area contributed by atoms with E-state index < -0.39 is 6.10 Å². The van der Waals surface area contributed by atoms with Gasteiger partial charge >= 0.3 is 0 Å². The molecule has 1 unspecified atom stereocenters. The number of aromatic nitrogens is 1. The SMILES string of the molecule is COc1c(C)cnc(CC(O)c2c(Cl)cccc2Cl)c1C.